The molecule has 1 heterocycles. The number of likely N-dealkylation sites (tertiary alicyclic amines) is 1. The number of carbonyl (C=O) groups is 2. The molecule has 2 N–H and O–H groups in total. The van der Waals surface area contributed by atoms with Crippen LogP contribution >= 0.6 is 23.2 Å². The number of ketones is 1. The quantitative estimate of drug-likeness (QED) is 0.291. The molecule has 8 heteroatoms. The highest BCUT2D eigenvalue weighted by Crippen LogP contribution is 2.42. The van der Waals surface area contributed by atoms with Crippen molar-refractivity contribution in [2.24, 2.45) is 0 Å². The lowest BCUT2D eigenvalue weighted by Crippen LogP contribution is -2.33. The van der Waals surface area contributed by atoms with Crippen LogP contribution in [0.5, 0.6) is 0 Å². The summed E-state index contributed by atoms with van der Waals surface area (Å²) in [4.78, 5) is 27.0. The molecule has 1 amide bonds. The molecule has 2 aromatic carbocycles. The average molecular weight is 450 g/mol. The fourth-order valence-corrected chi connectivity index (χ4v) is 3.87. The highest BCUT2D eigenvalue weighted by Gasteiger charge is 2.46. The summed E-state index contributed by atoms with van der Waals surface area (Å²) in [6.07, 6.45) is 0. The van der Waals surface area contributed by atoms with Crippen molar-refractivity contribution < 1.29 is 24.5 Å². The van der Waals surface area contributed by atoms with Gasteiger partial charge in [-0.05, 0) is 24.6 Å². The van der Waals surface area contributed by atoms with Gasteiger partial charge in [-0.2, -0.15) is 0 Å². The maximum absolute atomic E-state index is 12.9. The Labute approximate surface area is 184 Å². The predicted octanol–water partition coefficient (Wildman–Crippen LogP) is 3.73. The van der Waals surface area contributed by atoms with Crippen molar-refractivity contribution in [3.05, 3.63) is 74.8 Å². The van der Waals surface area contributed by atoms with E-state index < -0.39 is 17.7 Å². The maximum Gasteiger partial charge on any atom is 0.295 e. The number of nitrogens with zero attached hydrogens (tertiary/aromatic N) is 1. The molecular formula is C22H21Cl2NO5. The standard InChI is InChI=1S/C22H21Cl2NO5/c1-13-2-4-14(5-3-13)20(27)18-19(16-7-6-15(23)12-17(16)24)25(22(29)21(18)28)8-10-30-11-9-26/h2-7,12,19,26-27H,8-11H2,1H3. The van der Waals surface area contributed by atoms with Gasteiger partial charge in [0.2, 0.25) is 0 Å². The van der Waals surface area contributed by atoms with Gasteiger partial charge >= 0.3 is 0 Å². The third-order valence-electron chi connectivity index (χ3n) is 4.83. The molecular weight excluding hydrogens is 429 g/mol. The molecule has 0 spiro atoms. The van der Waals surface area contributed by atoms with E-state index in [4.69, 9.17) is 33.0 Å². The first-order valence-corrected chi connectivity index (χ1v) is 10.1. The molecule has 0 aliphatic carbocycles. The number of carbonyl (C=O) groups excluding carboxylic acids is 2. The zero-order chi connectivity index (χ0) is 21.8. The van der Waals surface area contributed by atoms with E-state index in [0.29, 0.717) is 16.1 Å². The van der Waals surface area contributed by atoms with Crippen molar-refractivity contribution >= 4 is 40.7 Å². The van der Waals surface area contributed by atoms with Crippen molar-refractivity contribution in [3.8, 4) is 0 Å². The third-order valence-corrected chi connectivity index (χ3v) is 5.40. The largest absolute Gasteiger partial charge is 0.507 e. The Balaban J connectivity index is 2.10. The number of Topliss-reactive ketones (excluding diaryl/α,β-unsaturated/α-hetero) is 1. The molecule has 2 aromatic rings. The van der Waals surface area contributed by atoms with Gasteiger partial charge < -0.3 is 19.8 Å². The molecule has 0 bridgehead atoms. The maximum atomic E-state index is 12.9. The molecule has 158 valence electrons. The van der Waals surface area contributed by atoms with Gasteiger partial charge in [0.05, 0.1) is 31.4 Å². The Morgan fingerprint density at radius 1 is 1.10 bits per heavy atom. The van der Waals surface area contributed by atoms with Crippen LogP contribution in [-0.2, 0) is 14.3 Å². The number of aryl methyl sites for hydroxylation is 1. The lowest BCUT2D eigenvalue weighted by molar-refractivity contribution is -0.140. The highest BCUT2D eigenvalue weighted by atomic mass is 35.5. The van der Waals surface area contributed by atoms with Crippen LogP contribution < -0.4 is 0 Å². The van der Waals surface area contributed by atoms with Crippen LogP contribution in [0.25, 0.3) is 5.76 Å². The number of aliphatic hydroxyl groups excluding tert-OH is 2. The van der Waals surface area contributed by atoms with E-state index in [1.54, 1.807) is 36.4 Å². The molecule has 1 atom stereocenters. The van der Waals surface area contributed by atoms with E-state index in [0.717, 1.165) is 5.56 Å². The molecule has 1 unspecified atom stereocenters. The second-order valence-corrected chi connectivity index (χ2v) is 7.70. The van der Waals surface area contributed by atoms with Crippen LogP contribution in [0.15, 0.2) is 48.0 Å². The van der Waals surface area contributed by atoms with Gasteiger partial charge in [0.15, 0.2) is 0 Å². The fraction of sp³-hybridized carbons (Fsp3) is 0.273. The summed E-state index contributed by atoms with van der Waals surface area (Å²) >= 11 is 12.4. The minimum Gasteiger partial charge on any atom is -0.507 e. The highest BCUT2D eigenvalue weighted by molar-refractivity contribution is 6.47. The normalized spacial score (nSPS) is 18.3. The monoisotopic (exact) mass is 449 g/mol. The molecule has 6 nitrogen and oxygen atoms in total. The number of halogens is 2. The molecule has 3 rings (SSSR count). The van der Waals surface area contributed by atoms with E-state index in [1.807, 2.05) is 6.92 Å². The summed E-state index contributed by atoms with van der Waals surface area (Å²) in [7, 11) is 0. The first-order valence-electron chi connectivity index (χ1n) is 9.34. The van der Waals surface area contributed by atoms with Gasteiger partial charge in [0, 0.05) is 22.2 Å². The van der Waals surface area contributed by atoms with E-state index in [1.165, 1.54) is 11.0 Å². The molecule has 1 saturated heterocycles. The Hall–Kier alpha value is -2.38. The molecule has 0 saturated carbocycles. The topological polar surface area (TPSA) is 87.1 Å². The molecule has 1 aliphatic rings. The molecule has 1 fully saturated rings. The summed E-state index contributed by atoms with van der Waals surface area (Å²) in [6, 6.07) is 10.8. The molecule has 1 aliphatic heterocycles. The van der Waals surface area contributed by atoms with Crippen LogP contribution in [-0.4, -0.2) is 53.2 Å². The van der Waals surface area contributed by atoms with Gasteiger partial charge in [-0.15, -0.1) is 0 Å². The Bertz CT molecular complexity index is 988. The van der Waals surface area contributed by atoms with E-state index in [-0.39, 0.29) is 42.7 Å². The number of hydrogen-bond acceptors (Lipinski definition) is 5. The number of hydrogen-bond donors (Lipinski definition) is 2. The SMILES string of the molecule is Cc1ccc(C(O)=C2C(=O)C(=O)N(CCOCCO)C2c2ccc(Cl)cc2Cl)cc1. The summed E-state index contributed by atoms with van der Waals surface area (Å²) in [6.45, 7) is 2.06. The average Bonchev–Trinajstić information content (AvgIpc) is 2.96. The summed E-state index contributed by atoms with van der Waals surface area (Å²) < 4.78 is 5.27. The number of amides is 1. The van der Waals surface area contributed by atoms with Crippen molar-refractivity contribution in [2.45, 2.75) is 13.0 Å². The Kier molecular flexibility index (Phi) is 7.15. The van der Waals surface area contributed by atoms with E-state index in [9.17, 15) is 14.7 Å². The fourth-order valence-electron chi connectivity index (χ4n) is 3.35. The summed E-state index contributed by atoms with van der Waals surface area (Å²) in [5.41, 5.74) is 1.84. The first-order chi connectivity index (χ1) is 14.3. The lowest BCUT2D eigenvalue weighted by atomic mass is 9.95. The molecule has 30 heavy (non-hydrogen) atoms. The Morgan fingerprint density at radius 3 is 2.43 bits per heavy atom. The van der Waals surface area contributed by atoms with Crippen molar-refractivity contribution in [3.63, 3.8) is 0 Å². The summed E-state index contributed by atoms with van der Waals surface area (Å²) in [5.74, 6) is -1.83. The zero-order valence-corrected chi connectivity index (χ0v) is 17.8. The minimum atomic E-state index is -0.895. The Morgan fingerprint density at radius 2 is 1.80 bits per heavy atom. The van der Waals surface area contributed by atoms with Crippen LogP contribution in [0.2, 0.25) is 10.0 Å². The number of benzene rings is 2. The van der Waals surface area contributed by atoms with Crippen LogP contribution in [0.4, 0.5) is 0 Å². The van der Waals surface area contributed by atoms with Crippen LogP contribution in [0.1, 0.15) is 22.7 Å². The molecule has 0 radical (unpaired) electrons. The second kappa shape index (κ2) is 9.62. The van der Waals surface area contributed by atoms with E-state index >= 15 is 0 Å². The first kappa shape index (κ1) is 22.3. The number of ether oxygens (including phenoxy) is 1. The smallest absolute Gasteiger partial charge is 0.295 e. The number of aliphatic hydroxyl groups is 2. The summed E-state index contributed by atoms with van der Waals surface area (Å²) in [5, 5.41) is 20.5. The van der Waals surface area contributed by atoms with Gasteiger partial charge in [-0.3, -0.25) is 9.59 Å². The lowest BCUT2D eigenvalue weighted by Gasteiger charge is -2.26. The zero-order valence-electron chi connectivity index (χ0n) is 16.3. The van der Waals surface area contributed by atoms with Crippen LogP contribution in [0, 0.1) is 6.92 Å². The second-order valence-electron chi connectivity index (χ2n) is 6.86. The number of rotatable bonds is 7. The van der Waals surface area contributed by atoms with E-state index in [2.05, 4.69) is 0 Å². The van der Waals surface area contributed by atoms with Gasteiger partial charge in [-0.25, -0.2) is 0 Å². The third kappa shape index (κ3) is 4.52. The molecule has 0 aromatic heterocycles. The van der Waals surface area contributed by atoms with Gasteiger partial charge in [-0.1, -0.05) is 59.1 Å². The van der Waals surface area contributed by atoms with Crippen molar-refractivity contribution in [1.82, 2.24) is 4.90 Å². The predicted molar refractivity (Wildman–Crippen MR) is 115 cm³/mol. The van der Waals surface area contributed by atoms with Gasteiger partial charge in [0.25, 0.3) is 11.7 Å². The van der Waals surface area contributed by atoms with Crippen LogP contribution in [0.3, 0.4) is 0 Å². The van der Waals surface area contributed by atoms with Crippen molar-refractivity contribution in [2.75, 3.05) is 26.4 Å². The van der Waals surface area contributed by atoms with Gasteiger partial charge in [0.1, 0.15) is 5.76 Å². The minimum absolute atomic E-state index is 0.0461. The van der Waals surface area contributed by atoms with Crippen molar-refractivity contribution in [1.29, 1.82) is 0 Å².